The third kappa shape index (κ3) is 3.25. The highest BCUT2D eigenvalue weighted by atomic mass is 32.1. The fourth-order valence-corrected chi connectivity index (χ4v) is 2.55. The van der Waals surface area contributed by atoms with Crippen molar-refractivity contribution in [2.24, 2.45) is 0 Å². The summed E-state index contributed by atoms with van der Waals surface area (Å²) < 4.78 is 4.95. The molecule has 0 bridgehead atoms. The zero-order chi connectivity index (χ0) is 14.8. The minimum atomic E-state index is -0.352. The van der Waals surface area contributed by atoms with Crippen molar-refractivity contribution in [3.05, 3.63) is 40.2 Å². The van der Waals surface area contributed by atoms with Gasteiger partial charge in [-0.25, -0.2) is 9.78 Å². The first kappa shape index (κ1) is 14.7. The van der Waals surface area contributed by atoms with Crippen LogP contribution in [0.3, 0.4) is 0 Å². The number of thiazole rings is 1. The second-order valence-corrected chi connectivity index (χ2v) is 6.44. The molecular formula is C16H19NO2S. The average molecular weight is 289 g/mol. The maximum absolute atomic E-state index is 11.6. The van der Waals surface area contributed by atoms with Crippen LogP contribution in [0.5, 0.6) is 0 Å². The molecule has 4 heteroatoms. The first-order valence-corrected chi connectivity index (χ1v) is 7.53. The molecular weight excluding hydrogens is 270 g/mol. The summed E-state index contributed by atoms with van der Waals surface area (Å²) in [5.74, 6) is -0.352. The molecule has 0 fully saturated rings. The summed E-state index contributed by atoms with van der Waals surface area (Å²) in [5, 5.41) is 2.29. The smallest absolute Gasteiger partial charge is 0.367 e. The topological polar surface area (TPSA) is 39.2 Å². The number of aromatic nitrogens is 1. The van der Waals surface area contributed by atoms with Crippen molar-refractivity contribution in [3.8, 4) is 11.3 Å². The van der Waals surface area contributed by atoms with Gasteiger partial charge in [-0.2, -0.15) is 0 Å². The number of esters is 1. The number of hydrogen-bond acceptors (Lipinski definition) is 4. The highest BCUT2D eigenvalue weighted by molar-refractivity contribution is 7.11. The van der Waals surface area contributed by atoms with Gasteiger partial charge in [0.25, 0.3) is 0 Å². The molecule has 0 atom stereocenters. The van der Waals surface area contributed by atoms with E-state index in [0.717, 1.165) is 11.3 Å². The van der Waals surface area contributed by atoms with Crippen LogP contribution in [0.1, 0.15) is 43.1 Å². The van der Waals surface area contributed by atoms with Gasteiger partial charge in [0.05, 0.1) is 12.3 Å². The molecule has 0 aliphatic heterocycles. The van der Waals surface area contributed by atoms with E-state index in [2.05, 4.69) is 37.9 Å². The number of rotatable bonds is 3. The Kier molecular flexibility index (Phi) is 4.23. The molecule has 2 rings (SSSR count). The predicted molar refractivity (Wildman–Crippen MR) is 82.2 cm³/mol. The van der Waals surface area contributed by atoms with Crippen LogP contribution >= 0.6 is 11.3 Å². The van der Waals surface area contributed by atoms with Crippen molar-refractivity contribution in [1.29, 1.82) is 0 Å². The van der Waals surface area contributed by atoms with Crippen LogP contribution in [-0.4, -0.2) is 17.6 Å². The lowest BCUT2D eigenvalue weighted by Gasteiger charge is -2.18. The van der Waals surface area contributed by atoms with E-state index >= 15 is 0 Å². The molecule has 20 heavy (non-hydrogen) atoms. The average Bonchev–Trinajstić information content (AvgIpc) is 2.88. The minimum absolute atomic E-state index is 0.136. The highest BCUT2D eigenvalue weighted by Crippen LogP contribution is 2.27. The van der Waals surface area contributed by atoms with Crippen molar-refractivity contribution < 1.29 is 9.53 Å². The molecule has 0 spiro atoms. The Bertz CT molecular complexity index is 594. The lowest BCUT2D eigenvalue weighted by Crippen LogP contribution is -2.10. The van der Waals surface area contributed by atoms with Gasteiger partial charge in [0, 0.05) is 10.9 Å². The molecule has 0 aliphatic carbocycles. The van der Waals surface area contributed by atoms with Crippen LogP contribution in [-0.2, 0) is 10.2 Å². The van der Waals surface area contributed by atoms with Gasteiger partial charge < -0.3 is 4.74 Å². The summed E-state index contributed by atoms with van der Waals surface area (Å²) in [4.78, 5) is 15.9. The molecule has 1 aromatic carbocycles. The second kappa shape index (κ2) is 5.75. The maximum Gasteiger partial charge on any atom is 0.367 e. The molecule has 0 saturated heterocycles. The summed E-state index contributed by atoms with van der Waals surface area (Å²) in [6, 6.07) is 8.31. The zero-order valence-electron chi connectivity index (χ0n) is 12.3. The second-order valence-electron chi connectivity index (χ2n) is 5.59. The summed E-state index contributed by atoms with van der Waals surface area (Å²) in [6.07, 6.45) is 0. The quantitative estimate of drug-likeness (QED) is 0.791. The number of nitrogens with zero attached hydrogens (tertiary/aromatic N) is 1. The Hall–Kier alpha value is -1.68. The van der Waals surface area contributed by atoms with E-state index in [1.54, 1.807) is 6.92 Å². The van der Waals surface area contributed by atoms with Crippen molar-refractivity contribution in [2.75, 3.05) is 6.61 Å². The van der Waals surface area contributed by atoms with Crippen molar-refractivity contribution in [1.82, 2.24) is 4.98 Å². The maximum atomic E-state index is 11.6. The first-order chi connectivity index (χ1) is 9.41. The summed E-state index contributed by atoms with van der Waals surface area (Å²) in [7, 11) is 0. The summed E-state index contributed by atoms with van der Waals surface area (Å²) in [5.41, 5.74) is 3.25. The molecule has 0 N–H and O–H groups in total. The molecule has 3 nitrogen and oxygen atoms in total. The van der Waals surface area contributed by atoms with E-state index in [9.17, 15) is 4.79 Å². The van der Waals surface area contributed by atoms with Crippen LogP contribution in [0.15, 0.2) is 29.6 Å². The van der Waals surface area contributed by atoms with Crippen LogP contribution in [0.25, 0.3) is 11.3 Å². The van der Waals surface area contributed by atoms with Crippen molar-refractivity contribution in [2.45, 2.75) is 33.1 Å². The Balaban J connectivity index is 2.22. The van der Waals surface area contributed by atoms with Gasteiger partial charge in [-0.05, 0) is 17.9 Å². The fraction of sp³-hybridized carbons (Fsp3) is 0.375. The van der Waals surface area contributed by atoms with Crippen LogP contribution in [0.2, 0.25) is 0 Å². The van der Waals surface area contributed by atoms with E-state index in [4.69, 9.17) is 4.74 Å². The van der Waals surface area contributed by atoms with Crippen molar-refractivity contribution >= 4 is 17.3 Å². The third-order valence-corrected chi connectivity index (χ3v) is 3.82. The van der Waals surface area contributed by atoms with E-state index in [1.807, 2.05) is 17.5 Å². The number of carbonyl (C=O) groups is 1. The summed E-state index contributed by atoms with van der Waals surface area (Å²) in [6.45, 7) is 8.71. The molecule has 2 aromatic rings. The first-order valence-electron chi connectivity index (χ1n) is 6.65. The Labute approximate surface area is 123 Å². The van der Waals surface area contributed by atoms with Crippen LogP contribution in [0, 0.1) is 0 Å². The number of carbonyl (C=O) groups excluding carboxylic acids is 1. The lowest BCUT2D eigenvalue weighted by molar-refractivity contribution is 0.0526. The largest absolute Gasteiger partial charge is 0.461 e. The zero-order valence-corrected chi connectivity index (χ0v) is 13.1. The molecule has 106 valence electrons. The Morgan fingerprint density at radius 1 is 1.25 bits per heavy atom. The van der Waals surface area contributed by atoms with E-state index in [-0.39, 0.29) is 11.4 Å². The minimum Gasteiger partial charge on any atom is -0.461 e. The molecule has 0 unspecified atom stereocenters. The van der Waals surface area contributed by atoms with Crippen LogP contribution in [0.4, 0.5) is 0 Å². The van der Waals surface area contributed by atoms with Gasteiger partial charge >= 0.3 is 5.97 Å². The lowest BCUT2D eigenvalue weighted by atomic mass is 9.86. The van der Waals surface area contributed by atoms with Gasteiger partial charge in [0.1, 0.15) is 0 Å². The number of benzene rings is 1. The Morgan fingerprint density at radius 3 is 2.45 bits per heavy atom. The Morgan fingerprint density at radius 2 is 1.90 bits per heavy atom. The van der Waals surface area contributed by atoms with Gasteiger partial charge in [0.2, 0.25) is 5.01 Å². The predicted octanol–water partition coefficient (Wildman–Crippen LogP) is 4.28. The van der Waals surface area contributed by atoms with Gasteiger partial charge in [-0.15, -0.1) is 11.3 Å². The molecule has 0 aliphatic rings. The van der Waals surface area contributed by atoms with Gasteiger partial charge in [0.15, 0.2) is 0 Å². The van der Waals surface area contributed by atoms with Gasteiger partial charge in [-0.3, -0.25) is 0 Å². The van der Waals surface area contributed by atoms with E-state index < -0.39 is 0 Å². The van der Waals surface area contributed by atoms with E-state index in [1.165, 1.54) is 16.9 Å². The summed E-state index contributed by atoms with van der Waals surface area (Å²) >= 11 is 1.32. The third-order valence-electron chi connectivity index (χ3n) is 3.00. The normalized spacial score (nSPS) is 11.4. The van der Waals surface area contributed by atoms with Gasteiger partial charge in [-0.1, -0.05) is 45.0 Å². The monoisotopic (exact) mass is 289 g/mol. The van der Waals surface area contributed by atoms with Crippen LogP contribution < -0.4 is 0 Å². The molecule has 1 heterocycles. The fourth-order valence-electron chi connectivity index (χ4n) is 1.83. The molecule has 1 aromatic heterocycles. The SMILES string of the molecule is CCOC(=O)c1nc(-c2ccc(C(C)(C)C)cc2)cs1. The standard InChI is InChI=1S/C16H19NO2S/c1-5-19-15(18)14-17-13(10-20-14)11-6-8-12(9-7-11)16(2,3)4/h6-10H,5H2,1-4H3. The molecule has 0 radical (unpaired) electrons. The number of ether oxygens (including phenoxy) is 1. The highest BCUT2D eigenvalue weighted by Gasteiger charge is 2.15. The van der Waals surface area contributed by atoms with Crippen molar-refractivity contribution in [3.63, 3.8) is 0 Å². The van der Waals surface area contributed by atoms with E-state index in [0.29, 0.717) is 11.6 Å². The number of hydrogen-bond donors (Lipinski definition) is 0. The molecule has 0 saturated carbocycles. The molecule has 0 amide bonds.